The molecule has 0 aliphatic heterocycles. The average molecular weight is 320 g/mol. The van der Waals surface area contributed by atoms with Crippen LogP contribution in [-0.2, 0) is 10.0 Å². The van der Waals surface area contributed by atoms with Gasteiger partial charge in [-0.25, -0.2) is 8.42 Å². The van der Waals surface area contributed by atoms with Crippen LogP contribution in [-0.4, -0.2) is 25.8 Å². The number of rotatable bonds is 6. The van der Waals surface area contributed by atoms with E-state index in [2.05, 4.69) is 6.07 Å². The zero-order valence-electron chi connectivity index (χ0n) is 13.8. The molecule has 0 radical (unpaired) electrons. The summed E-state index contributed by atoms with van der Waals surface area (Å²) >= 11 is 0. The van der Waals surface area contributed by atoms with Gasteiger partial charge in [-0.05, 0) is 68.7 Å². The van der Waals surface area contributed by atoms with Gasteiger partial charge in [0.05, 0.1) is 11.0 Å². The van der Waals surface area contributed by atoms with E-state index in [1.165, 1.54) is 4.31 Å². The normalized spacial score (nSPS) is 15.1. The molecule has 0 amide bonds. The fraction of sp³-hybridized carbons (Fsp3) is 0.588. The van der Waals surface area contributed by atoms with Gasteiger partial charge < -0.3 is 0 Å². The van der Waals surface area contributed by atoms with Gasteiger partial charge in [-0.3, -0.25) is 0 Å². The van der Waals surface area contributed by atoms with E-state index in [9.17, 15) is 8.42 Å². The number of hydrogen-bond donors (Lipinski definition) is 0. The van der Waals surface area contributed by atoms with Crippen LogP contribution in [0.1, 0.15) is 41.5 Å². The Hall–Kier alpha value is -1.38. The lowest BCUT2D eigenvalue weighted by Gasteiger charge is -2.24. The molecule has 0 unspecified atom stereocenters. The predicted molar refractivity (Wildman–Crippen MR) is 87.1 cm³/mol. The van der Waals surface area contributed by atoms with Crippen molar-refractivity contribution in [2.24, 2.45) is 5.92 Å². The second kappa shape index (κ2) is 6.39. The molecule has 1 aliphatic carbocycles. The molecule has 1 saturated carbocycles. The molecule has 2 rings (SSSR count). The van der Waals surface area contributed by atoms with Crippen LogP contribution >= 0.6 is 0 Å². The summed E-state index contributed by atoms with van der Waals surface area (Å²) in [5.41, 5.74) is 3.63. The Morgan fingerprint density at radius 1 is 1.18 bits per heavy atom. The van der Waals surface area contributed by atoms with Crippen molar-refractivity contribution in [3.05, 3.63) is 28.3 Å². The SMILES string of the molecule is Cc1cc(C)c(C)c(S(=O)(=O)N(CCC#N)CC2CC2)c1C. The highest BCUT2D eigenvalue weighted by Crippen LogP contribution is 2.34. The third-order valence-corrected chi connectivity index (χ3v) is 6.67. The van der Waals surface area contributed by atoms with E-state index >= 15 is 0 Å². The summed E-state index contributed by atoms with van der Waals surface area (Å²) in [4.78, 5) is 0.434. The smallest absolute Gasteiger partial charge is 0.207 e. The van der Waals surface area contributed by atoms with Gasteiger partial charge in [0.1, 0.15) is 0 Å². The van der Waals surface area contributed by atoms with Gasteiger partial charge in [-0.2, -0.15) is 9.57 Å². The molecule has 1 fully saturated rings. The third kappa shape index (κ3) is 3.34. The van der Waals surface area contributed by atoms with Crippen molar-refractivity contribution in [1.29, 1.82) is 5.26 Å². The minimum atomic E-state index is -3.55. The number of benzene rings is 1. The fourth-order valence-corrected chi connectivity index (χ4v) is 4.86. The molecule has 0 saturated heterocycles. The van der Waals surface area contributed by atoms with Crippen LogP contribution in [0.25, 0.3) is 0 Å². The average Bonchev–Trinajstić information content (AvgIpc) is 3.25. The Kier molecular flexibility index (Phi) is 4.93. The van der Waals surface area contributed by atoms with Gasteiger partial charge in [0.15, 0.2) is 0 Å². The molecule has 1 aliphatic rings. The zero-order valence-corrected chi connectivity index (χ0v) is 14.6. The Labute approximate surface area is 133 Å². The first-order valence-corrected chi connectivity index (χ1v) is 9.17. The minimum Gasteiger partial charge on any atom is -0.207 e. The van der Waals surface area contributed by atoms with Crippen LogP contribution in [0.4, 0.5) is 0 Å². The van der Waals surface area contributed by atoms with E-state index in [1.807, 2.05) is 33.8 Å². The number of nitriles is 1. The van der Waals surface area contributed by atoms with Gasteiger partial charge in [-0.15, -0.1) is 0 Å². The van der Waals surface area contributed by atoms with Gasteiger partial charge in [0, 0.05) is 19.5 Å². The van der Waals surface area contributed by atoms with Crippen LogP contribution in [0, 0.1) is 44.9 Å². The molecule has 1 aromatic carbocycles. The highest BCUT2D eigenvalue weighted by atomic mass is 32.2. The highest BCUT2D eigenvalue weighted by molar-refractivity contribution is 7.89. The molecule has 4 nitrogen and oxygen atoms in total. The van der Waals surface area contributed by atoms with E-state index in [-0.39, 0.29) is 13.0 Å². The van der Waals surface area contributed by atoms with Crippen LogP contribution in [0.2, 0.25) is 0 Å². The van der Waals surface area contributed by atoms with Crippen molar-refractivity contribution < 1.29 is 8.42 Å². The number of sulfonamides is 1. The second-order valence-electron chi connectivity index (χ2n) is 6.30. The number of aryl methyl sites for hydroxylation is 2. The Bertz CT molecular complexity index is 687. The van der Waals surface area contributed by atoms with Crippen molar-refractivity contribution >= 4 is 10.0 Å². The first-order chi connectivity index (χ1) is 10.3. The lowest BCUT2D eigenvalue weighted by molar-refractivity contribution is 0.402. The summed E-state index contributed by atoms with van der Waals surface area (Å²) < 4.78 is 27.8. The van der Waals surface area contributed by atoms with Crippen LogP contribution < -0.4 is 0 Å². The van der Waals surface area contributed by atoms with E-state index in [4.69, 9.17) is 5.26 Å². The maximum atomic E-state index is 13.2. The Morgan fingerprint density at radius 3 is 2.18 bits per heavy atom. The fourth-order valence-electron chi connectivity index (χ4n) is 2.77. The molecule has 0 bridgehead atoms. The minimum absolute atomic E-state index is 0.231. The van der Waals surface area contributed by atoms with E-state index in [0.29, 0.717) is 17.4 Å². The molecule has 0 N–H and O–H groups in total. The Morgan fingerprint density at radius 2 is 1.73 bits per heavy atom. The monoisotopic (exact) mass is 320 g/mol. The third-order valence-electron chi connectivity index (χ3n) is 4.53. The van der Waals surface area contributed by atoms with E-state index < -0.39 is 10.0 Å². The van der Waals surface area contributed by atoms with Crippen LogP contribution in [0.3, 0.4) is 0 Å². The van der Waals surface area contributed by atoms with Gasteiger partial charge in [-0.1, -0.05) is 6.07 Å². The lowest BCUT2D eigenvalue weighted by atomic mass is 10.0. The zero-order chi connectivity index (χ0) is 16.5. The molecule has 5 heteroatoms. The first-order valence-electron chi connectivity index (χ1n) is 7.73. The molecule has 120 valence electrons. The summed E-state index contributed by atoms with van der Waals surface area (Å²) in [5.74, 6) is 0.458. The van der Waals surface area contributed by atoms with Gasteiger partial charge in [0.25, 0.3) is 0 Å². The molecule has 0 heterocycles. The number of nitrogens with zero attached hydrogens (tertiary/aromatic N) is 2. The van der Waals surface area contributed by atoms with E-state index in [1.54, 1.807) is 0 Å². The molecular formula is C17H24N2O2S. The predicted octanol–water partition coefficient (Wildman–Crippen LogP) is 3.23. The second-order valence-corrected chi connectivity index (χ2v) is 8.18. The quantitative estimate of drug-likeness (QED) is 0.808. The van der Waals surface area contributed by atoms with Gasteiger partial charge >= 0.3 is 0 Å². The molecule has 1 aromatic rings. The highest BCUT2D eigenvalue weighted by Gasteiger charge is 2.33. The summed E-state index contributed by atoms with van der Waals surface area (Å²) in [7, 11) is -3.55. The number of hydrogen-bond acceptors (Lipinski definition) is 3. The van der Waals surface area contributed by atoms with Crippen molar-refractivity contribution in [3.63, 3.8) is 0 Å². The van der Waals surface area contributed by atoms with Crippen LogP contribution in [0.15, 0.2) is 11.0 Å². The molecule has 0 spiro atoms. The topological polar surface area (TPSA) is 61.2 Å². The van der Waals surface area contributed by atoms with Crippen LogP contribution in [0.5, 0.6) is 0 Å². The summed E-state index contributed by atoms with van der Waals surface area (Å²) in [6.07, 6.45) is 2.40. The molecule has 0 aromatic heterocycles. The van der Waals surface area contributed by atoms with Crippen molar-refractivity contribution in [2.45, 2.75) is 51.9 Å². The van der Waals surface area contributed by atoms with Gasteiger partial charge in [0.2, 0.25) is 10.0 Å². The maximum absolute atomic E-state index is 13.2. The van der Waals surface area contributed by atoms with Crippen molar-refractivity contribution in [3.8, 4) is 6.07 Å². The molecule has 0 atom stereocenters. The molecular weight excluding hydrogens is 296 g/mol. The van der Waals surface area contributed by atoms with Crippen molar-refractivity contribution in [1.82, 2.24) is 4.31 Å². The Balaban J connectivity index is 2.49. The lowest BCUT2D eigenvalue weighted by Crippen LogP contribution is -2.35. The standard InChI is InChI=1S/C17H24N2O2S/c1-12-10-13(2)15(4)17(14(12)3)22(20,21)19(9-5-8-18)11-16-6-7-16/h10,16H,5-7,9,11H2,1-4H3. The largest absolute Gasteiger partial charge is 0.243 e. The summed E-state index contributed by atoms with van der Waals surface area (Å²) in [5, 5.41) is 8.83. The van der Waals surface area contributed by atoms with Crippen molar-refractivity contribution in [2.75, 3.05) is 13.1 Å². The maximum Gasteiger partial charge on any atom is 0.243 e. The first kappa shape index (κ1) is 17.0. The molecule has 22 heavy (non-hydrogen) atoms. The van der Waals surface area contributed by atoms with E-state index in [0.717, 1.165) is 35.1 Å². The summed E-state index contributed by atoms with van der Waals surface area (Å²) in [6.45, 7) is 8.45. The summed E-state index contributed by atoms with van der Waals surface area (Å²) in [6, 6.07) is 4.09.